The first kappa shape index (κ1) is 21.0. The molecule has 1 saturated heterocycles. The number of anilines is 1. The molecule has 8 heteroatoms. The molecule has 0 spiro atoms. The predicted molar refractivity (Wildman–Crippen MR) is 134 cm³/mol. The van der Waals surface area contributed by atoms with Gasteiger partial charge in [-0.15, -0.1) is 0 Å². The summed E-state index contributed by atoms with van der Waals surface area (Å²) in [6.07, 6.45) is 1.78. The number of hydrogen-bond acceptors (Lipinski definition) is 5. The summed E-state index contributed by atoms with van der Waals surface area (Å²) in [6, 6.07) is 20.9. The molecule has 4 aromatic rings. The minimum Gasteiger partial charge on any atom is -0.459 e. The summed E-state index contributed by atoms with van der Waals surface area (Å²) in [7, 11) is 0. The minimum atomic E-state index is -0.268. The summed E-state index contributed by atoms with van der Waals surface area (Å²) in [5.74, 6) is 2.92. The third-order valence-corrected chi connectivity index (χ3v) is 6.67. The van der Waals surface area contributed by atoms with Crippen molar-refractivity contribution in [3.05, 3.63) is 95.0 Å². The average molecular weight is 490 g/mol. The Labute approximate surface area is 207 Å². The van der Waals surface area contributed by atoms with Gasteiger partial charge in [-0.1, -0.05) is 23.7 Å². The molecule has 2 atom stereocenters. The van der Waals surface area contributed by atoms with E-state index in [0.29, 0.717) is 15.9 Å². The number of halogens is 1. The second kappa shape index (κ2) is 8.34. The van der Waals surface area contributed by atoms with E-state index in [1.165, 1.54) is 0 Å². The molecule has 34 heavy (non-hydrogen) atoms. The smallest absolute Gasteiger partial charge is 0.231 e. The Morgan fingerprint density at radius 1 is 1.03 bits per heavy atom. The molecular weight excluding hydrogens is 470 g/mol. The molecule has 2 aromatic carbocycles. The van der Waals surface area contributed by atoms with Gasteiger partial charge in [0.2, 0.25) is 6.79 Å². The summed E-state index contributed by atoms with van der Waals surface area (Å²) in [5, 5.41) is 4.69. The van der Waals surface area contributed by atoms with Gasteiger partial charge in [0.05, 0.1) is 11.7 Å². The van der Waals surface area contributed by atoms with E-state index in [0.717, 1.165) is 39.8 Å². The average Bonchev–Trinajstić information content (AvgIpc) is 3.59. The van der Waals surface area contributed by atoms with Crippen LogP contribution in [0.5, 0.6) is 11.5 Å². The lowest BCUT2D eigenvalue weighted by molar-refractivity contribution is 0.174. The number of aromatic nitrogens is 1. The second-order valence-corrected chi connectivity index (χ2v) is 9.02. The molecule has 4 heterocycles. The van der Waals surface area contributed by atoms with Crippen LogP contribution in [0.2, 0.25) is 5.02 Å². The molecule has 0 aliphatic carbocycles. The number of thiocarbonyl (C=S) groups is 1. The molecule has 2 aromatic heterocycles. The van der Waals surface area contributed by atoms with Crippen molar-refractivity contribution in [3.63, 3.8) is 0 Å². The number of pyridine rings is 1. The zero-order chi connectivity index (χ0) is 23.2. The number of hydrogen-bond donors (Lipinski definition) is 1. The van der Waals surface area contributed by atoms with Crippen molar-refractivity contribution in [1.82, 2.24) is 10.3 Å². The number of furan rings is 1. The van der Waals surface area contributed by atoms with E-state index in [4.69, 9.17) is 37.7 Å². The fourth-order valence-electron chi connectivity index (χ4n) is 4.47. The van der Waals surface area contributed by atoms with Crippen molar-refractivity contribution in [2.75, 3.05) is 11.7 Å². The highest BCUT2D eigenvalue weighted by Gasteiger charge is 2.43. The Hall–Kier alpha value is -3.55. The molecule has 6 rings (SSSR count). The zero-order valence-electron chi connectivity index (χ0n) is 18.2. The fourth-order valence-corrected chi connectivity index (χ4v) is 4.99. The lowest BCUT2D eigenvalue weighted by Gasteiger charge is -2.26. The summed E-state index contributed by atoms with van der Waals surface area (Å²) in [4.78, 5) is 6.64. The van der Waals surface area contributed by atoms with Crippen LogP contribution in [-0.4, -0.2) is 16.9 Å². The molecule has 0 amide bonds. The SMILES string of the molecule is Cc1ccc(Cl)cc1-c1ccc(C2C(c3ccccn3)NC(=S)N2c2ccc3c(c2)OCO3)o1. The number of ether oxygens (including phenoxy) is 2. The molecule has 0 saturated carbocycles. The van der Waals surface area contributed by atoms with E-state index in [1.54, 1.807) is 6.20 Å². The maximum Gasteiger partial charge on any atom is 0.231 e. The molecule has 2 aliphatic heterocycles. The fraction of sp³-hybridized carbons (Fsp3) is 0.154. The molecule has 0 bridgehead atoms. The maximum atomic E-state index is 6.45. The van der Waals surface area contributed by atoms with Crippen LogP contribution in [0.3, 0.4) is 0 Å². The lowest BCUT2D eigenvalue weighted by Crippen LogP contribution is -2.29. The number of rotatable bonds is 4. The van der Waals surface area contributed by atoms with Gasteiger partial charge in [0.1, 0.15) is 17.6 Å². The largest absolute Gasteiger partial charge is 0.459 e. The standard InChI is InChI=1S/C26H20ClN3O3S/c1-15-5-6-16(27)12-18(15)20-9-10-22(33-20)25-24(19-4-2-3-11-28-19)29-26(34)30(25)17-7-8-21-23(13-17)32-14-31-21/h2-13,24-25H,14H2,1H3,(H,29,34). The molecule has 170 valence electrons. The van der Waals surface area contributed by atoms with Crippen LogP contribution in [0.25, 0.3) is 11.3 Å². The number of nitrogens with zero attached hydrogens (tertiary/aromatic N) is 2. The molecule has 2 unspecified atom stereocenters. The lowest BCUT2D eigenvalue weighted by atomic mass is 10.0. The van der Waals surface area contributed by atoms with Gasteiger partial charge < -0.3 is 24.1 Å². The van der Waals surface area contributed by atoms with Crippen LogP contribution in [-0.2, 0) is 0 Å². The Morgan fingerprint density at radius 2 is 1.91 bits per heavy atom. The minimum absolute atomic E-state index is 0.210. The van der Waals surface area contributed by atoms with Crippen molar-refractivity contribution in [2.24, 2.45) is 0 Å². The van der Waals surface area contributed by atoms with Gasteiger partial charge in [0.25, 0.3) is 0 Å². The van der Waals surface area contributed by atoms with Crippen molar-refractivity contribution < 1.29 is 13.9 Å². The van der Waals surface area contributed by atoms with Gasteiger partial charge in [-0.2, -0.15) is 0 Å². The van der Waals surface area contributed by atoms with Gasteiger partial charge in [-0.25, -0.2) is 0 Å². The molecular formula is C26H20ClN3O3S. The third-order valence-electron chi connectivity index (χ3n) is 6.12. The molecule has 2 aliphatic rings. The molecule has 6 nitrogen and oxygen atoms in total. The third kappa shape index (κ3) is 3.57. The van der Waals surface area contributed by atoms with Gasteiger partial charge in [-0.05, 0) is 73.2 Å². The van der Waals surface area contributed by atoms with Crippen molar-refractivity contribution in [3.8, 4) is 22.8 Å². The van der Waals surface area contributed by atoms with Crippen LogP contribution in [0.15, 0.2) is 77.3 Å². The van der Waals surface area contributed by atoms with Crippen LogP contribution in [0, 0.1) is 6.92 Å². The number of fused-ring (bicyclic) bond motifs is 1. The summed E-state index contributed by atoms with van der Waals surface area (Å²) >= 11 is 12.1. The first-order valence-corrected chi connectivity index (χ1v) is 11.6. The molecule has 1 fully saturated rings. The Kier molecular flexibility index (Phi) is 5.16. The van der Waals surface area contributed by atoms with Crippen LogP contribution >= 0.6 is 23.8 Å². The molecule has 1 N–H and O–H groups in total. The maximum absolute atomic E-state index is 6.45. The van der Waals surface area contributed by atoms with Gasteiger partial charge in [-0.3, -0.25) is 4.98 Å². The highest BCUT2D eigenvalue weighted by molar-refractivity contribution is 7.80. The van der Waals surface area contributed by atoms with E-state index in [1.807, 2.05) is 78.6 Å². The van der Waals surface area contributed by atoms with E-state index in [2.05, 4.69) is 10.3 Å². The second-order valence-electron chi connectivity index (χ2n) is 8.20. The number of nitrogens with one attached hydrogen (secondary N) is 1. The highest BCUT2D eigenvalue weighted by atomic mass is 35.5. The topological polar surface area (TPSA) is 59.8 Å². The summed E-state index contributed by atoms with van der Waals surface area (Å²) in [6.45, 7) is 2.25. The van der Waals surface area contributed by atoms with E-state index in [-0.39, 0.29) is 18.9 Å². The van der Waals surface area contributed by atoms with E-state index < -0.39 is 0 Å². The monoisotopic (exact) mass is 489 g/mol. The van der Waals surface area contributed by atoms with Crippen molar-refractivity contribution >= 4 is 34.6 Å². The van der Waals surface area contributed by atoms with Gasteiger partial charge in [0.15, 0.2) is 16.6 Å². The highest BCUT2D eigenvalue weighted by Crippen LogP contribution is 2.45. The van der Waals surface area contributed by atoms with Crippen molar-refractivity contribution in [2.45, 2.75) is 19.0 Å². The Bertz CT molecular complexity index is 1390. The Morgan fingerprint density at radius 3 is 2.76 bits per heavy atom. The van der Waals surface area contributed by atoms with E-state index >= 15 is 0 Å². The molecule has 0 radical (unpaired) electrons. The van der Waals surface area contributed by atoms with Crippen LogP contribution in [0.1, 0.15) is 29.1 Å². The van der Waals surface area contributed by atoms with Gasteiger partial charge in [0, 0.05) is 28.5 Å². The first-order valence-electron chi connectivity index (χ1n) is 10.8. The van der Waals surface area contributed by atoms with Gasteiger partial charge >= 0.3 is 0 Å². The van der Waals surface area contributed by atoms with Crippen LogP contribution in [0.4, 0.5) is 5.69 Å². The summed E-state index contributed by atoms with van der Waals surface area (Å²) < 4.78 is 17.6. The summed E-state index contributed by atoms with van der Waals surface area (Å²) in [5.41, 5.74) is 3.78. The zero-order valence-corrected chi connectivity index (χ0v) is 19.8. The van der Waals surface area contributed by atoms with Crippen LogP contribution < -0.4 is 19.7 Å². The Balaban J connectivity index is 1.46. The number of benzene rings is 2. The van der Waals surface area contributed by atoms with Crippen molar-refractivity contribution in [1.29, 1.82) is 0 Å². The normalized spacial score (nSPS) is 18.9. The van der Waals surface area contributed by atoms with E-state index in [9.17, 15) is 0 Å². The number of aryl methyl sites for hydroxylation is 1. The quantitative estimate of drug-likeness (QED) is 0.342. The predicted octanol–water partition coefficient (Wildman–Crippen LogP) is 6.21. The first-order chi connectivity index (χ1) is 16.6.